The Bertz CT molecular complexity index is 441. The van der Waals surface area contributed by atoms with Crippen molar-refractivity contribution in [2.45, 2.75) is 19.1 Å². The summed E-state index contributed by atoms with van der Waals surface area (Å²) in [5.74, 6) is 0.473. The number of hydrogen-bond donors (Lipinski definition) is 0. The van der Waals surface area contributed by atoms with Gasteiger partial charge in [0.25, 0.3) is 0 Å². The molecule has 2 rings (SSSR count). The van der Waals surface area contributed by atoms with Crippen molar-refractivity contribution in [3.05, 3.63) is 30.1 Å². The fraction of sp³-hybridized carbons (Fsp3) is 0.500. The minimum atomic E-state index is -0.280. The number of benzene rings is 1. The Hall–Kier alpha value is -1.62. The molecule has 1 heterocycles. The van der Waals surface area contributed by atoms with Crippen LogP contribution in [-0.2, 0) is 4.79 Å². The third-order valence-electron chi connectivity index (χ3n) is 3.41. The largest absolute Gasteiger partial charge is 0.487 e. The second-order valence-corrected chi connectivity index (χ2v) is 5.08. The second kappa shape index (κ2) is 5.57. The Morgan fingerprint density at radius 1 is 1.37 bits per heavy atom. The van der Waals surface area contributed by atoms with E-state index in [0.29, 0.717) is 18.8 Å². The molecule has 1 aliphatic heterocycles. The number of rotatable bonds is 4. The molecule has 1 saturated heterocycles. The van der Waals surface area contributed by atoms with E-state index in [0.717, 1.165) is 0 Å². The first-order valence-corrected chi connectivity index (χ1v) is 6.35. The zero-order chi connectivity index (χ0) is 14.0. The molecule has 4 nitrogen and oxygen atoms in total. The summed E-state index contributed by atoms with van der Waals surface area (Å²) >= 11 is 0. The molecule has 0 unspecified atom stereocenters. The quantitative estimate of drug-likeness (QED) is 0.825. The average Bonchev–Trinajstić information content (AvgIpc) is 2.33. The molecule has 19 heavy (non-hydrogen) atoms. The Kier molecular flexibility index (Phi) is 4.04. The highest BCUT2D eigenvalue weighted by molar-refractivity contribution is 5.82. The number of amides is 1. The first-order chi connectivity index (χ1) is 8.97. The molecule has 104 valence electrons. The summed E-state index contributed by atoms with van der Waals surface area (Å²) in [4.78, 5) is 15.7. The van der Waals surface area contributed by atoms with Crippen molar-refractivity contribution in [2.24, 2.45) is 0 Å². The van der Waals surface area contributed by atoms with Crippen LogP contribution in [0.1, 0.15) is 6.92 Å². The van der Waals surface area contributed by atoms with Crippen LogP contribution in [-0.4, -0.2) is 55.0 Å². The molecule has 0 radical (unpaired) electrons. The van der Waals surface area contributed by atoms with Gasteiger partial charge in [-0.05, 0) is 45.3 Å². The van der Waals surface area contributed by atoms with E-state index in [1.165, 1.54) is 12.1 Å². The number of halogens is 1. The van der Waals surface area contributed by atoms with Gasteiger partial charge in [-0.3, -0.25) is 9.69 Å². The third kappa shape index (κ3) is 3.23. The van der Waals surface area contributed by atoms with Crippen LogP contribution in [0.4, 0.5) is 4.39 Å². The van der Waals surface area contributed by atoms with E-state index in [1.807, 2.05) is 25.9 Å². The van der Waals surface area contributed by atoms with Crippen LogP contribution in [0.15, 0.2) is 24.3 Å². The van der Waals surface area contributed by atoms with Gasteiger partial charge in [0.05, 0.1) is 19.1 Å². The molecule has 0 saturated carbocycles. The highest BCUT2D eigenvalue weighted by Crippen LogP contribution is 2.19. The van der Waals surface area contributed by atoms with Crippen LogP contribution >= 0.6 is 0 Å². The van der Waals surface area contributed by atoms with Gasteiger partial charge in [0.2, 0.25) is 5.91 Å². The number of nitrogens with zero attached hydrogens (tertiary/aromatic N) is 2. The van der Waals surface area contributed by atoms with E-state index in [4.69, 9.17) is 4.74 Å². The van der Waals surface area contributed by atoms with Crippen LogP contribution in [0.3, 0.4) is 0 Å². The van der Waals surface area contributed by atoms with E-state index in [-0.39, 0.29) is 23.9 Å². The van der Waals surface area contributed by atoms with Crippen molar-refractivity contribution >= 4 is 5.91 Å². The number of carbonyl (C=O) groups is 1. The zero-order valence-electron chi connectivity index (χ0n) is 11.5. The van der Waals surface area contributed by atoms with Crippen molar-refractivity contribution in [2.75, 3.05) is 27.2 Å². The van der Waals surface area contributed by atoms with E-state index in [9.17, 15) is 9.18 Å². The molecule has 1 amide bonds. The van der Waals surface area contributed by atoms with Crippen LogP contribution in [0.5, 0.6) is 5.75 Å². The first-order valence-electron chi connectivity index (χ1n) is 6.35. The molecule has 1 atom stereocenters. The molecule has 1 aliphatic rings. The third-order valence-corrected chi connectivity index (χ3v) is 3.41. The predicted molar refractivity (Wildman–Crippen MR) is 70.5 cm³/mol. The topological polar surface area (TPSA) is 32.8 Å². The lowest BCUT2D eigenvalue weighted by Gasteiger charge is -2.41. The lowest BCUT2D eigenvalue weighted by Crippen LogP contribution is -2.59. The minimum absolute atomic E-state index is 0.00349. The maximum Gasteiger partial charge on any atom is 0.239 e. The molecular weight excluding hydrogens is 247 g/mol. The number of likely N-dealkylation sites (tertiary alicyclic amines) is 1. The molecule has 0 aliphatic carbocycles. The number of carbonyl (C=O) groups excluding carboxylic acids is 1. The smallest absolute Gasteiger partial charge is 0.239 e. The van der Waals surface area contributed by atoms with E-state index < -0.39 is 0 Å². The lowest BCUT2D eigenvalue weighted by atomic mass is 10.1. The molecule has 5 heteroatoms. The molecule has 0 aromatic heterocycles. The average molecular weight is 266 g/mol. The monoisotopic (exact) mass is 266 g/mol. The summed E-state index contributed by atoms with van der Waals surface area (Å²) in [5.41, 5.74) is 0. The van der Waals surface area contributed by atoms with E-state index >= 15 is 0 Å². The van der Waals surface area contributed by atoms with Crippen LogP contribution < -0.4 is 4.74 Å². The summed E-state index contributed by atoms with van der Waals surface area (Å²) in [6.07, 6.45) is 0.00349. The van der Waals surface area contributed by atoms with Crippen molar-refractivity contribution in [1.29, 1.82) is 0 Å². The molecule has 1 aromatic carbocycles. The van der Waals surface area contributed by atoms with Gasteiger partial charge in [-0.25, -0.2) is 4.39 Å². The predicted octanol–water partition coefficient (Wildman–Crippen LogP) is 1.37. The van der Waals surface area contributed by atoms with Gasteiger partial charge in [-0.1, -0.05) is 0 Å². The molecule has 0 spiro atoms. The second-order valence-electron chi connectivity index (χ2n) is 5.08. The summed E-state index contributed by atoms with van der Waals surface area (Å²) in [6.45, 7) is 3.07. The SMILES string of the molecule is C[C@@H](C(=O)N1CC(Oc2ccc(F)cc2)C1)N(C)C. The van der Waals surface area contributed by atoms with E-state index in [2.05, 4.69) is 0 Å². The number of likely N-dealkylation sites (N-methyl/N-ethyl adjacent to an activating group) is 1. The van der Waals surface area contributed by atoms with Crippen LogP contribution in [0.2, 0.25) is 0 Å². The highest BCUT2D eigenvalue weighted by Gasteiger charge is 2.34. The van der Waals surface area contributed by atoms with Crippen molar-refractivity contribution < 1.29 is 13.9 Å². The minimum Gasteiger partial charge on any atom is -0.487 e. The fourth-order valence-electron chi connectivity index (χ4n) is 1.88. The normalized spacial score (nSPS) is 17.2. The maximum atomic E-state index is 12.7. The van der Waals surface area contributed by atoms with Crippen molar-refractivity contribution in [3.63, 3.8) is 0 Å². The fourth-order valence-corrected chi connectivity index (χ4v) is 1.88. The molecule has 0 N–H and O–H groups in total. The standard InChI is InChI=1S/C14H19FN2O2/c1-10(16(2)3)14(18)17-8-13(9-17)19-12-6-4-11(15)5-7-12/h4-7,10,13H,8-9H2,1-3H3/t10-/m0/s1. The Morgan fingerprint density at radius 2 is 1.95 bits per heavy atom. The first kappa shape index (κ1) is 13.8. The molecule has 1 fully saturated rings. The van der Waals surface area contributed by atoms with Crippen LogP contribution in [0, 0.1) is 5.82 Å². The van der Waals surface area contributed by atoms with Gasteiger partial charge >= 0.3 is 0 Å². The van der Waals surface area contributed by atoms with Crippen molar-refractivity contribution in [3.8, 4) is 5.75 Å². The summed E-state index contributed by atoms with van der Waals surface area (Å²) in [5, 5.41) is 0. The van der Waals surface area contributed by atoms with E-state index in [1.54, 1.807) is 17.0 Å². The summed E-state index contributed by atoms with van der Waals surface area (Å²) in [6, 6.07) is 5.81. The van der Waals surface area contributed by atoms with Gasteiger partial charge in [0.1, 0.15) is 17.7 Å². The van der Waals surface area contributed by atoms with Gasteiger partial charge in [0, 0.05) is 0 Å². The van der Waals surface area contributed by atoms with Gasteiger partial charge in [0.15, 0.2) is 0 Å². The summed E-state index contributed by atoms with van der Waals surface area (Å²) < 4.78 is 18.4. The highest BCUT2D eigenvalue weighted by atomic mass is 19.1. The van der Waals surface area contributed by atoms with Crippen molar-refractivity contribution in [1.82, 2.24) is 9.80 Å². The van der Waals surface area contributed by atoms with Gasteiger partial charge in [-0.2, -0.15) is 0 Å². The maximum absolute atomic E-state index is 12.7. The van der Waals surface area contributed by atoms with Crippen LogP contribution in [0.25, 0.3) is 0 Å². The Morgan fingerprint density at radius 3 is 2.47 bits per heavy atom. The molecular formula is C14H19FN2O2. The van der Waals surface area contributed by atoms with Gasteiger partial charge in [-0.15, -0.1) is 0 Å². The Labute approximate surface area is 112 Å². The number of hydrogen-bond acceptors (Lipinski definition) is 3. The zero-order valence-corrected chi connectivity index (χ0v) is 11.5. The Balaban J connectivity index is 1.80. The summed E-state index contributed by atoms with van der Waals surface area (Å²) in [7, 11) is 3.77. The molecule has 1 aromatic rings. The van der Waals surface area contributed by atoms with Gasteiger partial charge < -0.3 is 9.64 Å². The number of ether oxygens (including phenoxy) is 1. The molecule has 0 bridgehead atoms. The lowest BCUT2D eigenvalue weighted by molar-refractivity contribution is -0.144.